The smallest absolute Gasteiger partial charge is 0.350 e. The second-order valence-corrected chi connectivity index (χ2v) is 9.48. The molecule has 4 rings (SSSR count). The molecule has 2 aromatic carbocycles. The number of nitrogens with zero attached hydrogens (tertiary/aromatic N) is 2. The number of methoxy groups -OCH3 is 1. The molecule has 1 saturated heterocycles. The Labute approximate surface area is 206 Å². The molecule has 0 bridgehead atoms. The number of carbonyl (C=O) groups excluding carboxylic acids is 3. The van der Waals surface area contributed by atoms with Gasteiger partial charge in [-0.25, -0.2) is 14.2 Å². The minimum absolute atomic E-state index is 0.0637. The van der Waals surface area contributed by atoms with Crippen LogP contribution in [-0.4, -0.2) is 34.9 Å². The monoisotopic (exact) mass is 544 g/mol. The minimum atomic E-state index is -1.05. The van der Waals surface area contributed by atoms with Crippen LogP contribution in [-0.2, 0) is 14.3 Å². The maximum Gasteiger partial charge on any atom is 0.350 e. The first kappa shape index (κ1) is 23.8. The highest BCUT2D eigenvalue weighted by Gasteiger charge is 2.48. The Balaban J connectivity index is 1.94. The van der Waals surface area contributed by atoms with Crippen LogP contribution < -0.4 is 4.90 Å². The summed E-state index contributed by atoms with van der Waals surface area (Å²) in [6, 6.07) is 9.86. The van der Waals surface area contributed by atoms with Crippen molar-refractivity contribution in [1.82, 2.24) is 4.98 Å². The highest BCUT2D eigenvalue weighted by molar-refractivity contribution is 9.10. The summed E-state index contributed by atoms with van der Waals surface area (Å²) < 4.78 is 19.8. The molecule has 1 N–H and O–H groups in total. The number of aromatic nitrogens is 1. The number of hydrogen-bond donors (Lipinski definition) is 1. The maximum absolute atomic E-state index is 14.2. The zero-order valence-electron chi connectivity index (χ0n) is 18.3. The highest BCUT2D eigenvalue weighted by atomic mass is 79.9. The van der Waals surface area contributed by atoms with Gasteiger partial charge in [0.25, 0.3) is 5.78 Å². The van der Waals surface area contributed by atoms with Gasteiger partial charge in [-0.15, -0.1) is 0 Å². The summed E-state index contributed by atoms with van der Waals surface area (Å²) in [5.74, 6) is -3.55. The van der Waals surface area contributed by atoms with E-state index >= 15 is 0 Å². The van der Waals surface area contributed by atoms with Crippen LogP contribution in [0.15, 0.2) is 52.5 Å². The Kier molecular flexibility index (Phi) is 6.37. The van der Waals surface area contributed by atoms with Crippen LogP contribution in [0.4, 0.5) is 9.52 Å². The third-order valence-electron chi connectivity index (χ3n) is 5.44. The van der Waals surface area contributed by atoms with E-state index in [0.717, 1.165) is 26.8 Å². The van der Waals surface area contributed by atoms with Crippen molar-refractivity contribution in [2.45, 2.75) is 19.9 Å². The highest BCUT2D eigenvalue weighted by Crippen LogP contribution is 2.44. The lowest BCUT2D eigenvalue weighted by atomic mass is 9.95. The van der Waals surface area contributed by atoms with E-state index in [2.05, 4.69) is 20.9 Å². The fourth-order valence-corrected chi connectivity index (χ4v) is 4.93. The zero-order chi connectivity index (χ0) is 24.7. The summed E-state index contributed by atoms with van der Waals surface area (Å²) >= 11 is 4.26. The Morgan fingerprint density at radius 1 is 1.18 bits per heavy atom. The van der Waals surface area contributed by atoms with Crippen molar-refractivity contribution in [3.63, 3.8) is 0 Å². The standard InChI is InChI=1S/C24H18BrFN2O5S/c1-11-4-5-14(10-16(11)26)19(29)17-18(13-6-8-15(25)9-7-13)28(22(31)20(17)30)24-27-12(2)21(34-24)23(32)33-3/h4-10,18,29H,1-3H3/t18-/m0/s1. The summed E-state index contributed by atoms with van der Waals surface area (Å²) in [4.78, 5) is 44.1. The van der Waals surface area contributed by atoms with Crippen LogP contribution in [0.5, 0.6) is 0 Å². The average molecular weight is 545 g/mol. The number of halogens is 2. The quantitative estimate of drug-likeness (QED) is 0.213. The van der Waals surface area contributed by atoms with Gasteiger partial charge in [0.05, 0.1) is 24.4 Å². The second kappa shape index (κ2) is 9.11. The molecule has 1 fully saturated rings. The first-order valence-electron chi connectivity index (χ1n) is 10.0. The van der Waals surface area contributed by atoms with Crippen molar-refractivity contribution >= 4 is 55.8 Å². The largest absolute Gasteiger partial charge is 0.507 e. The van der Waals surface area contributed by atoms with E-state index in [1.807, 2.05) is 0 Å². The van der Waals surface area contributed by atoms with Gasteiger partial charge in [-0.3, -0.25) is 14.5 Å². The molecule has 0 saturated carbocycles. The number of anilines is 1. The zero-order valence-corrected chi connectivity index (χ0v) is 20.7. The van der Waals surface area contributed by atoms with Gasteiger partial charge in [-0.2, -0.15) is 0 Å². The third kappa shape index (κ3) is 4.03. The number of amides is 1. The molecule has 7 nitrogen and oxygen atoms in total. The normalized spacial score (nSPS) is 17.3. The van der Waals surface area contributed by atoms with E-state index in [1.165, 1.54) is 19.2 Å². The van der Waals surface area contributed by atoms with E-state index in [0.29, 0.717) is 16.8 Å². The van der Waals surface area contributed by atoms with Crippen LogP contribution in [0.2, 0.25) is 0 Å². The number of benzene rings is 2. The Hall–Kier alpha value is -3.37. The molecule has 0 unspecified atom stereocenters. The number of ketones is 1. The Morgan fingerprint density at radius 2 is 1.85 bits per heavy atom. The van der Waals surface area contributed by atoms with E-state index in [4.69, 9.17) is 4.74 Å². The summed E-state index contributed by atoms with van der Waals surface area (Å²) in [7, 11) is 1.23. The Morgan fingerprint density at radius 3 is 2.47 bits per heavy atom. The molecule has 2 heterocycles. The summed E-state index contributed by atoms with van der Waals surface area (Å²) in [5, 5.41) is 11.2. The van der Waals surface area contributed by atoms with Crippen molar-refractivity contribution in [3.05, 3.63) is 85.6 Å². The predicted molar refractivity (Wildman–Crippen MR) is 128 cm³/mol. The molecule has 1 aromatic heterocycles. The van der Waals surface area contributed by atoms with Crippen molar-refractivity contribution in [2.75, 3.05) is 12.0 Å². The molecule has 0 radical (unpaired) electrons. The number of Topliss-reactive ketones (excluding diaryl/α,β-unsaturated/α-hetero) is 1. The van der Waals surface area contributed by atoms with Crippen LogP contribution in [0, 0.1) is 19.7 Å². The summed E-state index contributed by atoms with van der Waals surface area (Å²) in [6.07, 6.45) is 0. The molecule has 1 atom stereocenters. The van der Waals surface area contributed by atoms with Crippen molar-refractivity contribution in [1.29, 1.82) is 0 Å². The van der Waals surface area contributed by atoms with Gasteiger partial charge in [-0.05, 0) is 43.2 Å². The average Bonchev–Trinajstić information content (AvgIpc) is 3.32. The SMILES string of the molecule is COC(=O)c1sc(N2C(=O)C(=O)C(=C(O)c3ccc(C)c(F)c3)[C@@H]2c2ccc(Br)cc2)nc1C. The first-order valence-corrected chi connectivity index (χ1v) is 11.6. The molecule has 3 aromatic rings. The fourth-order valence-electron chi connectivity index (χ4n) is 3.65. The molecule has 1 amide bonds. The van der Waals surface area contributed by atoms with Crippen LogP contribution in [0.25, 0.3) is 5.76 Å². The number of ether oxygens (including phenoxy) is 1. The van der Waals surface area contributed by atoms with Gasteiger partial charge in [0, 0.05) is 10.0 Å². The van der Waals surface area contributed by atoms with Crippen molar-refractivity contribution in [2.24, 2.45) is 0 Å². The predicted octanol–water partition coefficient (Wildman–Crippen LogP) is 5.07. The second-order valence-electron chi connectivity index (χ2n) is 7.59. The van der Waals surface area contributed by atoms with Gasteiger partial charge >= 0.3 is 11.9 Å². The van der Waals surface area contributed by atoms with Crippen LogP contribution in [0.3, 0.4) is 0 Å². The molecule has 10 heteroatoms. The third-order valence-corrected chi connectivity index (χ3v) is 7.10. The van der Waals surface area contributed by atoms with Gasteiger partial charge < -0.3 is 9.84 Å². The van der Waals surface area contributed by atoms with Crippen LogP contribution in [0.1, 0.15) is 38.1 Å². The minimum Gasteiger partial charge on any atom is -0.507 e. The van der Waals surface area contributed by atoms with Gasteiger partial charge in [0.2, 0.25) is 0 Å². The number of thiazole rings is 1. The van der Waals surface area contributed by atoms with Gasteiger partial charge in [0.1, 0.15) is 16.5 Å². The molecule has 1 aliphatic heterocycles. The molecule has 1 aliphatic rings. The lowest BCUT2D eigenvalue weighted by molar-refractivity contribution is -0.132. The van der Waals surface area contributed by atoms with Gasteiger partial charge in [-0.1, -0.05) is 51.5 Å². The summed E-state index contributed by atoms with van der Waals surface area (Å²) in [5.41, 5.74) is 1.08. The van der Waals surface area contributed by atoms with Crippen molar-refractivity contribution in [3.8, 4) is 0 Å². The summed E-state index contributed by atoms with van der Waals surface area (Å²) in [6.45, 7) is 3.16. The first-order chi connectivity index (χ1) is 16.1. The number of rotatable bonds is 4. The number of esters is 1. The van der Waals surface area contributed by atoms with E-state index in [-0.39, 0.29) is 21.1 Å². The molecule has 0 spiro atoms. The number of aliphatic hydroxyl groups excluding tert-OH is 1. The Bertz CT molecular complexity index is 1370. The number of aryl methyl sites for hydroxylation is 2. The lowest BCUT2D eigenvalue weighted by Gasteiger charge is -2.23. The van der Waals surface area contributed by atoms with E-state index in [1.54, 1.807) is 38.1 Å². The maximum atomic E-state index is 14.2. The van der Waals surface area contributed by atoms with Gasteiger partial charge in [0.15, 0.2) is 5.13 Å². The van der Waals surface area contributed by atoms with Crippen LogP contribution >= 0.6 is 27.3 Å². The molecule has 174 valence electrons. The van der Waals surface area contributed by atoms with E-state index < -0.39 is 35.3 Å². The lowest BCUT2D eigenvalue weighted by Crippen LogP contribution is -2.29. The van der Waals surface area contributed by atoms with Crippen molar-refractivity contribution < 1.29 is 28.6 Å². The fraction of sp³-hybridized carbons (Fsp3) is 0.167. The number of aliphatic hydroxyl groups is 1. The molecular formula is C24H18BrFN2O5S. The topological polar surface area (TPSA) is 96.8 Å². The van der Waals surface area contributed by atoms with E-state index in [9.17, 15) is 23.9 Å². The number of carbonyl (C=O) groups is 3. The molecule has 0 aliphatic carbocycles. The molecule has 34 heavy (non-hydrogen) atoms. The number of hydrogen-bond acceptors (Lipinski definition) is 7. The molecular weight excluding hydrogens is 527 g/mol.